The van der Waals surface area contributed by atoms with Gasteiger partial charge in [0.1, 0.15) is 0 Å². The molecular weight excluding hydrogens is 148 g/mol. The molecule has 0 bridgehead atoms. The summed E-state index contributed by atoms with van der Waals surface area (Å²) in [6.45, 7) is 10.4. The van der Waals surface area contributed by atoms with Crippen LogP contribution < -0.4 is 5.32 Å². The van der Waals surface area contributed by atoms with Crippen LogP contribution in [0.25, 0.3) is 0 Å². The van der Waals surface area contributed by atoms with Crippen molar-refractivity contribution in [2.75, 3.05) is 34.2 Å². The third kappa shape index (κ3) is 51.4. The number of nitrogens with one attached hydrogen (secondary N) is 1. The second kappa shape index (κ2) is 22.4. The summed E-state index contributed by atoms with van der Waals surface area (Å²) < 4.78 is 0. The Kier molecular flexibility index (Phi) is 33.4. The highest BCUT2D eigenvalue weighted by molar-refractivity contribution is 4.42. The third-order valence-corrected chi connectivity index (χ3v) is 0.809. The van der Waals surface area contributed by atoms with Gasteiger partial charge in [0.25, 0.3) is 0 Å². The molecule has 12 heavy (non-hydrogen) atoms. The van der Waals surface area contributed by atoms with Gasteiger partial charge in [0.15, 0.2) is 0 Å². The van der Waals surface area contributed by atoms with E-state index in [0.29, 0.717) is 0 Å². The monoisotopic (exact) mass is 176 g/mol. The fraction of sp³-hybridized carbons (Fsp3) is 1.00. The van der Waals surface area contributed by atoms with Gasteiger partial charge < -0.3 is 10.2 Å². The lowest BCUT2D eigenvalue weighted by molar-refractivity contribution is 0.407. The Morgan fingerprint density at radius 3 is 1.50 bits per heavy atom. The maximum absolute atomic E-state index is 3.06. The summed E-state index contributed by atoms with van der Waals surface area (Å²) in [7, 11) is 6.10. The zero-order chi connectivity index (χ0) is 10.4. The van der Waals surface area contributed by atoms with Crippen LogP contribution in [-0.2, 0) is 0 Å². The van der Waals surface area contributed by atoms with Crippen molar-refractivity contribution in [3.8, 4) is 0 Å². The van der Waals surface area contributed by atoms with Crippen molar-refractivity contribution in [3.63, 3.8) is 0 Å². The van der Waals surface area contributed by atoms with E-state index in [0.717, 1.165) is 13.1 Å². The first-order valence-electron chi connectivity index (χ1n) is 4.98. The SMILES string of the molecule is CC.CCC.CNCCN(C)C. The average molecular weight is 176 g/mol. The number of nitrogens with zero attached hydrogens (tertiary/aromatic N) is 1. The minimum atomic E-state index is 1.08. The van der Waals surface area contributed by atoms with Crippen molar-refractivity contribution in [2.24, 2.45) is 0 Å². The second-order valence-corrected chi connectivity index (χ2v) is 2.61. The van der Waals surface area contributed by atoms with Crippen molar-refractivity contribution >= 4 is 0 Å². The Balaban J connectivity index is -0.000000137. The third-order valence-electron chi connectivity index (χ3n) is 0.809. The highest BCUT2D eigenvalue weighted by atomic mass is 15.1. The van der Waals surface area contributed by atoms with E-state index in [-0.39, 0.29) is 0 Å². The summed E-state index contributed by atoms with van der Waals surface area (Å²) in [5.41, 5.74) is 0. The first-order chi connectivity index (χ1) is 5.68. The molecule has 0 rings (SSSR count). The van der Waals surface area contributed by atoms with E-state index in [1.54, 1.807) is 0 Å². The summed E-state index contributed by atoms with van der Waals surface area (Å²) in [5.74, 6) is 0. The molecule has 0 amide bonds. The van der Waals surface area contributed by atoms with Crippen molar-refractivity contribution in [1.29, 1.82) is 0 Å². The van der Waals surface area contributed by atoms with Gasteiger partial charge in [0.05, 0.1) is 0 Å². The molecule has 0 aliphatic heterocycles. The molecule has 2 heteroatoms. The lowest BCUT2D eigenvalue weighted by atomic mass is 10.6. The molecule has 0 unspecified atom stereocenters. The second-order valence-electron chi connectivity index (χ2n) is 2.61. The van der Waals surface area contributed by atoms with Gasteiger partial charge >= 0.3 is 0 Å². The molecular formula is C10H28N2. The maximum atomic E-state index is 3.06. The Morgan fingerprint density at radius 2 is 1.42 bits per heavy atom. The zero-order valence-electron chi connectivity index (χ0n) is 10.1. The van der Waals surface area contributed by atoms with E-state index in [9.17, 15) is 0 Å². The van der Waals surface area contributed by atoms with Gasteiger partial charge in [0, 0.05) is 13.1 Å². The molecule has 2 nitrogen and oxygen atoms in total. The van der Waals surface area contributed by atoms with Crippen molar-refractivity contribution in [1.82, 2.24) is 10.2 Å². The normalized spacial score (nSPS) is 8.00. The molecule has 0 radical (unpaired) electrons. The number of hydrogen-bond donors (Lipinski definition) is 1. The molecule has 0 spiro atoms. The van der Waals surface area contributed by atoms with E-state index < -0.39 is 0 Å². The van der Waals surface area contributed by atoms with Gasteiger partial charge in [-0.05, 0) is 21.1 Å². The molecule has 0 aromatic rings. The fourth-order valence-corrected chi connectivity index (χ4v) is 0.335. The number of hydrogen-bond acceptors (Lipinski definition) is 2. The van der Waals surface area contributed by atoms with E-state index in [2.05, 4.69) is 38.2 Å². The summed E-state index contributed by atoms with van der Waals surface area (Å²) in [4.78, 5) is 2.15. The van der Waals surface area contributed by atoms with Crippen LogP contribution in [0.3, 0.4) is 0 Å². The molecule has 0 aromatic heterocycles. The summed E-state index contributed by atoms with van der Waals surface area (Å²) in [5, 5.41) is 3.06. The van der Waals surface area contributed by atoms with Gasteiger partial charge in [-0.25, -0.2) is 0 Å². The van der Waals surface area contributed by atoms with Gasteiger partial charge in [0.2, 0.25) is 0 Å². The first kappa shape index (κ1) is 17.9. The Labute approximate surface area is 79.3 Å². The maximum Gasteiger partial charge on any atom is 0.0101 e. The Morgan fingerprint density at radius 1 is 1.08 bits per heavy atom. The van der Waals surface area contributed by atoms with Crippen LogP contribution in [-0.4, -0.2) is 39.1 Å². The average Bonchev–Trinajstić information content (AvgIpc) is 2.06. The van der Waals surface area contributed by atoms with E-state index in [1.165, 1.54) is 6.42 Å². The van der Waals surface area contributed by atoms with E-state index in [4.69, 9.17) is 0 Å². The fourth-order valence-electron chi connectivity index (χ4n) is 0.335. The largest absolute Gasteiger partial charge is 0.318 e. The molecule has 0 fully saturated rings. The number of likely N-dealkylation sites (N-methyl/N-ethyl adjacent to an activating group) is 2. The van der Waals surface area contributed by atoms with Crippen molar-refractivity contribution in [3.05, 3.63) is 0 Å². The molecule has 0 atom stereocenters. The van der Waals surface area contributed by atoms with Crippen LogP contribution in [0.5, 0.6) is 0 Å². The van der Waals surface area contributed by atoms with Crippen molar-refractivity contribution < 1.29 is 0 Å². The van der Waals surface area contributed by atoms with Crippen LogP contribution in [0.1, 0.15) is 34.1 Å². The summed E-state index contributed by atoms with van der Waals surface area (Å²) >= 11 is 0. The van der Waals surface area contributed by atoms with E-state index in [1.807, 2.05) is 20.9 Å². The first-order valence-corrected chi connectivity index (χ1v) is 4.98. The standard InChI is InChI=1S/C5H14N2.C3H8.C2H6/c1-6-4-5-7(2)3;1-3-2;1-2/h6H,4-5H2,1-3H3;3H2,1-2H3;1-2H3. The van der Waals surface area contributed by atoms with Gasteiger partial charge in [-0.15, -0.1) is 0 Å². The van der Waals surface area contributed by atoms with E-state index >= 15 is 0 Å². The van der Waals surface area contributed by atoms with Crippen molar-refractivity contribution in [2.45, 2.75) is 34.1 Å². The van der Waals surface area contributed by atoms with Crippen LogP contribution in [0, 0.1) is 0 Å². The molecule has 1 N–H and O–H groups in total. The molecule has 0 saturated carbocycles. The Hall–Kier alpha value is -0.0800. The van der Waals surface area contributed by atoms with Crippen LogP contribution in [0.2, 0.25) is 0 Å². The molecule has 0 heterocycles. The summed E-state index contributed by atoms with van der Waals surface area (Å²) in [6.07, 6.45) is 1.25. The predicted octanol–water partition coefficient (Wildman–Crippen LogP) is 2.21. The Bertz CT molecular complexity index is 45.1. The lowest BCUT2D eigenvalue weighted by Gasteiger charge is -2.06. The molecule has 78 valence electrons. The highest BCUT2D eigenvalue weighted by Gasteiger charge is 1.82. The van der Waals surface area contributed by atoms with Crippen LogP contribution >= 0.6 is 0 Å². The smallest absolute Gasteiger partial charge is 0.0101 e. The zero-order valence-corrected chi connectivity index (χ0v) is 10.1. The molecule has 0 aliphatic rings. The predicted molar refractivity (Wildman–Crippen MR) is 59.8 cm³/mol. The van der Waals surface area contributed by atoms with Crippen LogP contribution in [0.4, 0.5) is 0 Å². The van der Waals surface area contributed by atoms with Crippen LogP contribution in [0.15, 0.2) is 0 Å². The highest BCUT2D eigenvalue weighted by Crippen LogP contribution is 1.66. The number of rotatable bonds is 3. The molecule has 0 aromatic carbocycles. The minimum Gasteiger partial charge on any atom is -0.318 e. The molecule has 0 saturated heterocycles. The minimum absolute atomic E-state index is 1.08. The van der Waals surface area contributed by atoms with Gasteiger partial charge in [-0.2, -0.15) is 0 Å². The van der Waals surface area contributed by atoms with Gasteiger partial charge in [-0.1, -0.05) is 34.1 Å². The topological polar surface area (TPSA) is 15.3 Å². The summed E-state index contributed by atoms with van der Waals surface area (Å²) in [6, 6.07) is 0. The molecule has 0 aliphatic carbocycles. The lowest BCUT2D eigenvalue weighted by Crippen LogP contribution is -2.23. The van der Waals surface area contributed by atoms with Gasteiger partial charge in [-0.3, -0.25) is 0 Å². The quantitative estimate of drug-likeness (QED) is 0.709.